The molecule has 4 unspecified atom stereocenters. The van der Waals surface area contributed by atoms with E-state index in [1.807, 2.05) is 0 Å². The fourth-order valence-electron chi connectivity index (χ4n) is 3.95. The highest BCUT2D eigenvalue weighted by molar-refractivity contribution is 5.25. The molecule has 0 heterocycles. The Hall–Kier alpha value is -0.520. The molecule has 4 saturated carbocycles. The summed E-state index contributed by atoms with van der Waals surface area (Å²) in [4.78, 5) is 0. The average molecular weight is 146 g/mol. The predicted octanol–water partition coefficient (Wildman–Crippen LogP) is 2.49. The third-order valence-corrected chi connectivity index (χ3v) is 4.26. The minimum absolute atomic E-state index is 0.855. The van der Waals surface area contributed by atoms with Gasteiger partial charge in [0.15, 0.2) is 0 Å². The van der Waals surface area contributed by atoms with Crippen LogP contribution >= 0.6 is 0 Å². The van der Waals surface area contributed by atoms with Gasteiger partial charge in [0.2, 0.25) is 0 Å². The first-order valence-electron chi connectivity index (χ1n) is 4.63. The van der Waals surface area contributed by atoms with Crippen LogP contribution in [0.3, 0.4) is 0 Å². The lowest BCUT2D eigenvalue weighted by molar-refractivity contribution is 0.436. The summed E-state index contributed by atoms with van der Waals surface area (Å²) in [7, 11) is 0. The maximum atomic E-state index is 3.93. The van der Waals surface area contributed by atoms with Gasteiger partial charge in [-0.25, -0.2) is 0 Å². The third-order valence-electron chi connectivity index (χ3n) is 4.26. The van der Waals surface area contributed by atoms with E-state index in [4.69, 9.17) is 0 Å². The Morgan fingerprint density at radius 3 is 1.73 bits per heavy atom. The van der Waals surface area contributed by atoms with Gasteiger partial charge in [-0.2, -0.15) is 0 Å². The summed E-state index contributed by atoms with van der Waals surface area (Å²) in [5.74, 6) is 5.78. The van der Waals surface area contributed by atoms with E-state index in [0.717, 1.165) is 35.5 Å². The zero-order valence-electron chi connectivity index (χ0n) is 6.74. The van der Waals surface area contributed by atoms with Crippen LogP contribution < -0.4 is 0 Å². The Bertz CT molecular complexity index is 206. The highest BCUT2D eigenvalue weighted by atomic mass is 14.8. The zero-order valence-corrected chi connectivity index (χ0v) is 6.74. The summed E-state index contributed by atoms with van der Waals surface area (Å²) in [6.45, 7) is 7.86. The fraction of sp³-hybridized carbons (Fsp3) is 0.636. The second kappa shape index (κ2) is 1.63. The van der Waals surface area contributed by atoms with Crippen molar-refractivity contribution >= 4 is 0 Å². The molecule has 0 nitrogen and oxygen atoms in total. The summed E-state index contributed by atoms with van der Waals surface area (Å²) >= 11 is 0. The van der Waals surface area contributed by atoms with Crippen LogP contribution in [0.1, 0.15) is 6.42 Å². The summed E-state index contributed by atoms with van der Waals surface area (Å²) in [6, 6.07) is 0. The van der Waals surface area contributed by atoms with Gasteiger partial charge in [0, 0.05) is 0 Å². The van der Waals surface area contributed by atoms with E-state index in [1.54, 1.807) is 0 Å². The third kappa shape index (κ3) is 0.473. The summed E-state index contributed by atoms with van der Waals surface area (Å²) < 4.78 is 0. The Labute approximate surface area is 68.0 Å². The van der Waals surface area contributed by atoms with Gasteiger partial charge in [0.05, 0.1) is 0 Å². The fourth-order valence-corrected chi connectivity index (χ4v) is 3.95. The van der Waals surface area contributed by atoms with E-state index < -0.39 is 0 Å². The van der Waals surface area contributed by atoms with Gasteiger partial charge in [-0.05, 0) is 41.9 Å². The lowest BCUT2D eigenvalue weighted by Crippen LogP contribution is -2.07. The van der Waals surface area contributed by atoms with Gasteiger partial charge in [-0.1, -0.05) is 12.2 Å². The molecular formula is C11H14. The normalized spacial score (nSPS) is 62.9. The van der Waals surface area contributed by atoms with Gasteiger partial charge in [0.1, 0.15) is 0 Å². The molecule has 0 aromatic heterocycles. The van der Waals surface area contributed by atoms with Crippen LogP contribution in [0, 0.1) is 35.5 Å². The Morgan fingerprint density at radius 2 is 1.45 bits per heavy atom. The molecule has 58 valence electrons. The Balaban J connectivity index is 1.98. The van der Waals surface area contributed by atoms with Gasteiger partial charge < -0.3 is 0 Å². The van der Waals surface area contributed by atoms with Crippen molar-refractivity contribution in [1.82, 2.24) is 0 Å². The molecule has 0 spiro atoms. The molecule has 4 atom stereocenters. The topological polar surface area (TPSA) is 0 Å². The second-order valence-corrected chi connectivity index (χ2v) is 4.34. The minimum atomic E-state index is 0.855. The molecule has 0 heteroatoms. The first kappa shape index (κ1) is 6.05. The molecule has 0 radical (unpaired) electrons. The van der Waals surface area contributed by atoms with Gasteiger partial charge in [0.25, 0.3) is 0 Å². The average Bonchev–Trinajstić information content (AvgIpc) is 2.49. The second-order valence-electron chi connectivity index (χ2n) is 4.34. The van der Waals surface area contributed by atoms with Crippen molar-refractivity contribution in [3.63, 3.8) is 0 Å². The molecule has 0 N–H and O–H groups in total. The van der Waals surface area contributed by atoms with Crippen LogP contribution in [0.25, 0.3) is 0 Å². The molecule has 0 saturated heterocycles. The van der Waals surface area contributed by atoms with E-state index in [-0.39, 0.29) is 0 Å². The molecule has 0 aromatic carbocycles. The summed E-state index contributed by atoms with van der Waals surface area (Å²) in [5.41, 5.74) is 0. The maximum absolute atomic E-state index is 3.93. The lowest BCUT2D eigenvalue weighted by Gasteiger charge is -2.13. The number of hydrogen-bond acceptors (Lipinski definition) is 0. The summed E-state index contributed by atoms with van der Waals surface area (Å²) in [5, 5.41) is 0. The zero-order chi connectivity index (χ0) is 7.59. The molecule has 4 bridgehead atoms. The molecule has 0 aliphatic heterocycles. The van der Waals surface area contributed by atoms with Crippen molar-refractivity contribution < 1.29 is 0 Å². The largest absolute Gasteiger partial charge is 0.103 e. The van der Waals surface area contributed by atoms with Crippen molar-refractivity contribution in [2.24, 2.45) is 35.5 Å². The number of rotatable bonds is 2. The Kier molecular flexibility index (Phi) is 0.894. The number of hydrogen-bond donors (Lipinski definition) is 0. The smallest absolute Gasteiger partial charge is 0.0168 e. The van der Waals surface area contributed by atoms with Crippen LogP contribution in [-0.2, 0) is 0 Å². The molecular weight excluding hydrogens is 132 g/mol. The summed E-state index contributed by atoms with van der Waals surface area (Å²) in [6.07, 6.45) is 5.86. The van der Waals surface area contributed by atoms with Gasteiger partial charge >= 0.3 is 0 Å². The van der Waals surface area contributed by atoms with E-state index in [9.17, 15) is 0 Å². The molecule has 11 heavy (non-hydrogen) atoms. The molecule has 0 amide bonds. The lowest BCUT2D eigenvalue weighted by atomic mass is 9.91. The van der Waals surface area contributed by atoms with Crippen LogP contribution in [0.15, 0.2) is 25.3 Å². The number of allylic oxidation sites excluding steroid dienone is 2. The maximum Gasteiger partial charge on any atom is -0.0168 e. The highest BCUT2D eigenvalue weighted by Gasteiger charge is 2.71. The molecule has 4 rings (SSSR count). The predicted molar refractivity (Wildman–Crippen MR) is 46.0 cm³/mol. The van der Waals surface area contributed by atoms with Crippen molar-refractivity contribution in [2.75, 3.05) is 0 Å². The highest BCUT2D eigenvalue weighted by Crippen LogP contribution is 2.76. The van der Waals surface area contributed by atoms with Gasteiger partial charge in [-0.15, -0.1) is 13.2 Å². The first-order chi connectivity index (χ1) is 5.38. The van der Waals surface area contributed by atoms with Crippen LogP contribution in [-0.4, -0.2) is 0 Å². The van der Waals surface area contributed by atoms with Crippen molar-refractivity contribution in [3.05, 3.63) is 25.3 Å². The van der Waals surface area contributed by atoms with E-state index in [2.05, 4.69) is 25.3 Å². The molecule has 4 aliphatic carbocycles. The molecule has 4 fully saturated rings. The van der Waals surface area contributed by atoms with Crippen LogP contribution in [0.4, 0.5) is 0 Å². The van der Waals surface area contributed by atoms with Gasteiger partial charge in [-0.3, -0.25) is 0 Å². The Morgan fingerprint density at radius 1 is 0.909 bits per heavy atom. The van der Waals surface area contributed by atoms with Crippen LogP contribution in [0.2, 0.25) is 0 Å². The van der Waals surface area contributed by atoms with E-state index in [0.29, 0.717) is 0 Å². The SMILES string of the molecule is C=CC1C2CC3C1C3C2C=C. The van der Waals surface area contributed by atoms with Crippen molar-refractivity contribution in [2.45, 2.75) is 6.42 Å². The van der Waals surface area contributed by atoms with Crippen molar-refractivity contribution in [1.29, 1.82) is 0 Å². The van der Waals surface area contributed by atoms with Crippen molar-refractivity contribution in [3.8, 4) is 0 Å². The first-order valence-corrected chi connectivity index (χ1v) is 4.63. The van der Waals surface area contributed by atoms with E-state index >= 15 is 0 Å². The monoisotopic (exact) mass is 146 g/mol. The minimum Gasteiger partial charge on any atom is -0.103 e. The quantitative estimate of drug-likeness (QED) is 0.525. The molecule has 0 aromatic rings. The van der Waals surface area contributed by atoms with E-state index in [1.165, 1.54) is 6.42 Å². The van der Waals surface area contributed by atoms with Crippen LogP contribution in [0.5, 0.6) is 0 Å². The molecule has 4 aliphatic rings. The standard InChI is InChI=1S/C11H14/c1-3-6-8-5-9-10(6)11(9)7(8)4-2/h3-4,6-11H,1-2,5H2.